The van der Waals surface area contributed by atoms with Crippen molar-refractivity contribution in [3.8, 4) is 11.1 Å². The van der Waals surface area contributed by atoms with Gasteiger partial charge < -0.3 is 9.80 Å². The van der Waals surface area contributed by atoms with E-state index >= 15 is 0 Å². The topological polar surface area (TPSA) is 6.48 Å². The van der Waals surface area contributed by atoms with Gasteiger partial charge in [0.25, 0.3) is 0 Å². The van der Waals surface area contributed by atoms with E-state index in [1.807, 2.05) is 34.8 Å². The first-order valence-corrected chi connectivity index (χ1v) is 19.6. The van der Waals surface area contributed by atoms with E-state index in [9.17, 15) is 0 Å². The molecule has 10 aromatic rings. The Bertz CT molecular complexity index is 2860. The largest absolute Gasteiger partial charge is 0.310 e. The van der Waals surface area contributed by atoms with Gasteiger partial charge in [-0.3, -0.25) is 0 Å². The summed E-state index contributed by atoms with van der Waals surface area (Å²) in [7, 11) is 0. The van der Waals surface area contributed by atoms with Crippen molar-refractivity contribution >= 4 is 109 Å². The Morgan fingerprint density at radius 1 is 0.340 bits per heavy atom. The normalized spacial score (nSPS) is 11.5. The molecule has 53 heavy (non-hydrogen) atoms. The summed E-state index contributed by atoms with van der Waals surface area (Å²) in [6.45, 7) is 0. The average Bonchev–Trinajstić information content (AvgIpc) is 3.77. The molecule has 252 valence electrons. The fraction of sp³-hybridized carbons (Fsp3) is 0. The van der Waals surface area contributed by atoms with Crippen LogP contribution >= 0.6 is 34.3 Å². The van der Waals surface area contributed by atoms with Gasteiger partial charge in [-0.15, -0.1) is 22.7 Å². The summed E-state index contributed by atoms with van der Waals surface area (Å²) in [4.78, 5) is 4.72. The molecule has 0 aliphatic heterocycles. The number of fused-ring (bicyclic) bond motifs is 6. The second-order valence-electron chi connectivity index (χ2n) is 13.1. The number of para-hydroxylation sites is 3. The highest BCUT2D eigenvalue weighted by Gasteiger charge is 2.20. The molecule has 10 rings (SSSR count). The number of halogens is 1. The van der Waals surface area contributed by atoms with Crippen LogP contribution in [0.5, 0.6) is 0 Å². The van der Waals surface area contributed by atoms with Gasteiger partial charge in [-0.25, -0.2) is 0 Å². The van der Waals surface area contributed by atoms with Gasteiger partial charge in [0.2, 0.25) is 0 Å². The molecule has 5 heteroatoms. The van der Waals surface area contributed by atoms with Gasteiger partial charge in [-0.1, -0.05) is 103 Å². The lowest BCUT2D eigenvalue weighted by Gasteiger charge is -2.26. The number of anilines is 6. The molecule has 0 aliphatic rings. The summed E-state index contributed by atoms with van der Waals surface area (Å²) in [5.41, 5.74) is 9.09. The van der Waals surface area contributed by atoms with Crippen LogP contribution in [0.2, 0.25) is 5.02 Å². The van der Waals surface area contributed by atoms with E-state index < -0.39 is 0 Å². The van der Waals surface area contributed by atoms with Crippen molar-refractivity contribution in [1.29, 1.82) is 0 Å². The van der Waals surface area contributed by atoms with Crippen LogP contribution in [0.3, 0.4) is 0 Å². The van der Waals surface area contributed by atoms with Gasteiger partial charge in [0.15, 0.2) is 0 Å². The van der Waals surface area contributed by atoms with E-state index in [-0.39, 0.29) is 0 Å². The maximum Gasteiger partial charge on any atom is 0.0482 e. The maximum absolute atomic E-state index is 6.39. The smallest absolute Gasteiger partial charge is 0.0482 e. The average molecular weight is 735 g/mol. The molecule has 2 nitrogen and oxygen atoms in total. The third kappa shape index (κ3) is 5.73. The number of hydrogen-bond acceptors (Lipinski definition) is 4. The quantitative estimate of drug-likeness (QED) is 0.161. The summed E-state index contributed by atoms with van der Waals surface area (Å²) in [5, 5.41) is 5.80. The zero-order chi connectivity index (χ0) is 35.3. The van der Waals surface area contributed by atoms with Crippen molar-refractivity contribution in [2.75, 3.05) is 9.80 Å². The Morgan fingerprint density at radius 2 is 0.868 bits per heavy atom. The summed E-state index contributed by atoms with van der Waals surface area (Å²) < 4.78 is 5.06. The van der Waals surface area contributed by atoms with Crippen molar-refractivity contribution < 1.29 is 0 Å². The summed E-state index contributed by atoms with van der Waals surface area (Å²) in [6.07, 6.45) is 0. The first kappa shape index (κ1) is 31.8. The Balaban J connectivity index is 1.15. The second-order valence-corrected chi connectivity index (χ2v) is 15.7. The molecule has 0 spiro atoms. The van der Waals surface area contributed by atoms with Crippen molar-refractivity contribution in [2.45, 2.75) is 0 Å². The number of thiophene rings is 2. The van der Waals surface area contributed by atoms with Gasteiger partial charge in [0.05, 0.1) is 0 Å². The molecule has 2 heterocycles. The number of nitrogens with zero attached hydrogens (tertiary/aromatic N) is 2. The summed E-state index contributed by atoms with van der Waals surface area (Å²) in [5.74, 6) is 0. The van der Waals surface area contributed by atoms with E-state index in [1.54, 1.807) is 0 Å². The number of rotatable bonds is 7. The predicted molar refractivity (Wildman–Crippen MR) is 232 cm³/mol. The molecule has 0 bridgehead atoms. The molecule has 0 unspecified atom stereocenters. The summed E-state index contributed by atoms with van der Waals surface area (Å²) >= 11 is 10.1. The van der Waals surface area contributed by atoms with E-state index in [2.05, 4.69) is 186 Å². The van der Waals surface area contributed by atoms with Crippen LogP contribution in [0.15, 0.2) is 188 Å². The van der Waals surface area contributed by atoms with Crippen LogP contribution < -0.4 is 9.80 Å². The molecule has 0 saturated heterocycles. The van der Waals surface area contributed by atoms with E-state index in [0.29, 0.717) is 0 Å². The van der Waals surface area contributed by atoms with Crippen LogP contribution in [0.1, 0.15) is 0 Å². The molecule has 0 fully saturated rings. The number of hydrogen-bond donors (Lipinski definition) is 0. The fourth-order valence-corrected chi connectivity index (χ4v) is 9.89. The zero-order valence-electron chi connectivity index (χ0n) is 28.5. The van der Waals surface area contributed by atoms with Crippen LogP contribution in [-0.4, -0.2) is 0 Å². The van der Waals surface area contributed by atoms with Crippen molar-refractivity contribution in [2.24, 2.45) is 0 Å². The minimum atomic E-state index is 0.735. The molecule has 0 aliphatic carbocycles. The lowest BCUT2D eigenvalue weighted by molar-refractivity contribution is 1.29. The fourth-order valence-electron chi connectivity index (χ4n) is 7.48. The Morgan fingerprint density at radius 3 is 1.55 bits per heavy atom. The van der Waals surface area contributed by atoms with E-state index in [1.165, 1.54) is 45.9 Å². The third-order valence-electron chi connectivity index (χ3n) is 9.87. The molecule has 2 aromatic heterocycles. The van der Waals surface area contributed by atoms with E-state index in [0.717, 1.165) is 44.7 Å². The standard InChI is InChI=1S/C48H31ClN2S2/c49-33-22-20-32(21-23-33)42-29-39(31-47-48(42)41-18-10-11-19-44(41)53-47)51(36-16-8-3-9-17-36)37-25-27-45-43(28-37)40-26-24-38(30-46(40)52-45)50(34-12-4-1-5-13-34)35-14-6-2-7-15-35/h1-31H. The highest BCUT2D eigenvalue weighted by Crippen LogP contribution is 2.47. The lowest BCUT2D eigenvalue weighted by atomic mass is 9.98. The van der Waals surface area contributed by atoms with E-state index in [4.69, 9.17) is 11.6 Å². The van der Waals surface area contributed by atoms with Crippen molar-refractivity contribution in [3.05, 3.63) is 193 Å². The van der Waals surface area contributed by atoms with Crippen LogP contribution in [0.25, 0.3) is 51.5 Å². The van der Waals surface area contributed by atoms with Gasteiger partial charge >= 0.3 is 0 Å². The molecule has 8 aromatic carbocycles. The zero-order valence-corrected chi connectivity index (χ0v) is 30.9. The molecular weight excluding hydrogens is 704 g/mol. The molecule has 0 N–H and O–H groups in total. The van der Waals surface area contributed by atoms with Gasteiger partial charge in [0.1, 0.15) is 0 Å². The SMILES string of the molecule is Clc1ccc(-c2cc(N(c3ccccc3)c3ccc4sc5cc(N(c6ccccc6)c6ccccc6)ccc5c4c3)cc3sc4ccccc4c23)cc1. The Labute approximate surface area is 321 Å². The predicted octanol–water partition coefficient (Wildman–Crippen LogP) is 15.7. The highest BCUT2D eigenvalue weighted by molar-refractivity contribution is 7.26. The van der Waals surface area contributed by atoms with Crippen LogP contribution in [0.4, 0.5) is 34.1 Å². The molecule has 0 atom stereocenters. The van der Waals surface area contributed by atoms with Gasteiger partial charge in [-0.2, -0.15) is 0 Å². The number of benzene rings is 8. The highest BCUT2D eigenvalue weighted by atomic mass is 35.5. The monoisotopic (exact) mass is 734 g/mol. The van der Waals surface area contributed by atoms with Crippen LogP contribution in [0, 0.1) is 0 Å². The molecular formula is C48H31ClN2S2. The van der Waals surface area contributed by atoms with Crippen molar-refractivity contribution in [3.63, 3.8) is 0 Å². The first-order valence-electron chi connectivity index (χ1n) is 17.6. The lowest BCUT2D eigenvalue weighted by Crippen LogP contribution is -2.10. The maximum atomic E-state index is 6.39. The molecule has 0 amide bonds. The summed E-state index contributed by atoms with van der Waals surface area (Å²) in [6, 6.07) is 67.4. The van der Waals surface area contributed by atoms with Gasteiger partial charge in [0, 0.05) is 79.5 Å². The Hall–Kier alpha value is -5.91. The Kier molecular flexibility index (Phi) is 7.95. The minimum absolute atomic E-state index is 0.735. The first-order chi connectivity index (χ1) is 26.2. The van der Waals surface area contributed by atoms with Gasteiger partial charge in [-0.05, 0) is 108 Å². The minimum Gasteiger partial charge on any atom is -0.310 e. The second kappa shape index (κ2) is 13.3. The van der Waals surface area contributed by atoms with Crippen LogP contribution in [-0.2, 0) is 0 Å². The third-order valence-corrected chi connectivity index (χ3v) is 12.4. The molecule has 0 saturated carbocycles. The van der Waals surface area contributed by atoms with Crippen molar-refractivity contribution in [1.82, 2.24) is 0 Å². The molecule has 0 radical (unpaired) electrons.